The third-order valence-electron chi connectivity index (χ3n) is 3.63. The first-order valence-electron chi connectivity index (χ1n) is 7.27. The standard InChI is InChI=1S/C20H21/c1-20(2,3)14-15-12-17-10-7-11-18(19(17)13-15)16-8-5-4-6-9-16/h4-13H,14H2,1-3H3. The van der Waals surface area contributed by atoms with E-state index in [1.165, 1.54) is 27.8 Å². The fraction of sp³-hybridized carbons (Fsp3) is 0.250. The normalized spacial score (nSPS) is 14.1. The summed E-state index contributed by atoms with van der Waals surface area (Å²) in [6.07, 6.45) is 5.83. The zero-order valence-corrected chi connectivity index (χ0v) is 12.5. The Bertz CT molecular complexity index is 639. The highest BCUT2D eigenvalue weighted by Crippen LogP contribution is 2.38. The summed E-state index contributed by atoms with van der Waals surface area (Å²) < 4.78 is 0. The van der Waals surface area contributed by atoms with E-state index in [4.69, 9.17) is 0 Å². The second-order valence-corrected chi connectivity index (χ2v) is 6.78. The molecule has 0 amide bonds. The Kier molecular flexibility index (Phi) is 3.25. The van der Waals surface area contributed by atoms with E-state index in [1.54, 1.807) is 0 Å². The Morgan fingerprint density at radius 3 is 2.30 bits per heavy atom. The van der Waals surface area contributed by atoms with Gasteiger partial charge < -0.3 is 0 Å². The molecule has 1 radical (unpaired) electrons. The lowest BCUT2D eigenvalue weighted by Gasteiger charge is -2.18. The van der Waals surface area contributed by atoms with Crippen molar-refractivity contribution in [1.82, 2.24) is 0 Å². The number of hydrogen-bond donors (Lipinski definition) is 0. The minimum absolute atomic E-state index is 0.331. The molecule has 0 heteroatoms. The summed E-state index contributed by atoms with van der Waals surface area (Å²) in [6.45, 7) is 6.88. The van der Waals surface area contributed by atoms with E-state index in [9.17, 15) is 0 Å². The molecule has 0 saturated heterocycles. The van der Waals surface area contributed by atoms with Crippen molar-refractivity contribution >= 4 is 6.08 Å². The van der Waals surface area contributed by atoms with Crippen molar-refractivity contribution in [2.75, 3.05) is 0 Å². The van der Waals surface area contributed by atoms with Gasteiger partial charge in [-0.3, -0.25) is 0 Å². The molecule has 1 aliphatic carbocycles. The van der Waals surface area contributed by atoms with Crippen LogP contribution in [0, 0.1) is 11.8 Å². The Labute approximate surface area is 122 Å². The summed E-state index contributed by atoms with van der Waals surface area (Å²) in [5.74, 6) is 0. The molecule has 0 N–H and O–H groups in total. The quantitative estimate of drug-likeness (QED) is 0.646. The maximum Gasteiger partial charge on any atom is 0.0164 e. The van der Waals surface area contributed by atoms with Gasteiger partial charge in [0.25, 0.3) is 0 Å². The Morgan fingerprint density at radius 1 is 0.850 bits per heavy atom. The van der Waals surface area contributed by atoms with Gasteiger partial charge in [-0.1, -0.05) is 81.0 Å². The SMILES string of the molecule is CC(C)(C)CC1=Cc2c(cccc2-c2ccccc2)[CH]1. The molecule has 0 bridgehead atoms. The van der Waals surface area contributed by atoms with Gasteiger partial charge in [0.05, 0.1) is 0 Å². The van der Waals surface area contributed by atoms with Gasteiger partial charge in [0.15, 0.2) is 0 Å². The van der Waals surface area contributed by atoms with E-state index >= 15 is 0 Å². The molecule has 0 spiro atoms. The van der Waals surface area contributed by atoms with E-state index in [1.807, 2.05) is 0 Å². The van der Waals surface area contributed by atoms with Crippen LogP contribution in [0.25, 0.3) is 17.2 Å². The topological polar surface area (TPSA) is 0 Å². The number of fused-ring (bicyclic) bond motifs is 1. The Morgan fingerprint density at radius 2 is 1.60 bits per heavy atom. The van der Waals surface area contributed by atoms with Gasteiger partial charge in [0, 0.05) is 6.42 Å². The van der Waals surface area contributed by atoms with Crippen LogP contribution < -0.4 is 0 Å². The average Bonchev–Trinajstić information content (AvgIpc) is 2.79. The molecule has 0 aromatic heterocycles. The molecular formula is C20H21. The maximum atomic E-state index is 2.36. The summed E-state index contributed by atoms with van der Waals surface area (Å²) in [6, 6.07) is 17.2. The van der Waals surface area contributed by atoms with Gasteiger partial charge in [-0.25, -0.2) is 0 Å². The molecule has 0 saturated carbocycles. The molecule has 3 rings (SSSR count). The van der Waals surface area contributed by atoms with Crippen LogP contribution >= 0.6 is 0 Å². The minimum Gasteiger partial charge on any atom is -0.0622 e. The average molecular weight is 261 g/mol. The van der Waals surface area contributed by atoms with Crippen LogP contribution in [0.15, 0.2) is 54.1 Å². The summed E-state index contributed by atoms with van der Waals surface area (Å²) in [4.78, 5) is 0. The van der Waals surface area contributed by atoms with Crippen molar-refractivity contribution in [2.45, 2.75) is 27.2 Å². The van der Waals surface area contributed by atoms with Crippen molar-refractivity contribution in [2.24, 2.45) is 5.41 Å². The second kappa shape index (κ2) is 4.94. The highest BCUT2D eigenvalue weighted by Gasteiger charge is 2.20. The lowest BCUT2D eigenvalue weighted by atomic mass is 9.87. The van der Waals surface area contributed by atoms with Gasteiger partial charge >= 0.3 is 0 Å². The van der Waals surface area contributed by atoms with E-state index in [0.29, 0.717) is 5.41 Å². The van der Waals surface area contributed by atoms with E-state index in [0.717, 1.165) is 6.42 Å². The maximum absolute atomic E-state index is 2.36. The van der Waals surface area contributed by atoms with Crippen LogP contribution in [-0.2, 0) is 0 Å². The third-order valence-corrected chi connectivity index (χ3v) is 3.63. The first-order chi connectivity index (χ1) is 9.53. The van der Waals surface area contributed by atoms with Gasteiger partial charge in [-0.2, -0.15) is 0 Å². The number of allylic oxidation sites excluding steroid dienone is 1. The lowest BCUT2D eigenvalue weighted by molar-refractivity contribution is 0.413. The first-order valence-corrected chi connectivity index (χ1v) is 7.27. The third kappa shape index (κ3) is 2.70. The fourth-order valence-electron chi connectivity index (χ4n) is 2.88. The fourth-order valence-corrected chi connectivity index (χ4v) is 2.88. The predicted molar refractivity (Wildman–Crippen MR) is 87.3 cm³/mol. The molecular weight excluding hydrogens is 240 g/mol. The molecule has 20 heavy (non-hydrogen) atoms. The monoisotopic (exact) mass is 261 g/mol. The molecule has 0 unspecified atom stereocenters. The van der Waals surface area contributed by atoms with Gasteiger partial charge in [0.1, 0.15) is 0 Å². The van der Waals surface area contributed by atoms with E-state index in [2.05, 4.69) is 81.8 Å². The largest absolute Gasteiger partial charge is 0.0622 e. The van der Waals surface area contributed by atoms with Crippen molar-refractivity contribution in [1.29, 1.82) is 0 Å². The zero-order chi connectivity index (χ0) is 14.2. The summed E-state index contributed by atoms with van der Waals surface area (Å²) in [7, 11) is 0. The number of hydrogen-bond acceptors (Lipinski definition) is 0. The van der Waals surface area contributed by atoms with Crippen molar-refractivity contribution in [3.05, 3.63) is 71.7 Å². The Hall–Kier alpha value is -1.82. The Balaban J connectivity index is 2.00. The van der Waals surface area contributed by atoms with Crippen LogP contribution in [0.3, 0.4) is 0 Å². The summed E-state index contributed by atoms with van der Waals surface area (Å²) in [5, 5.41) is 0. The second-order valence-electron chi connectivity index (χ2n) is 6.78. The van der Waals surface area contributed by atoms with Crippen LogP contribution in [0.1, 0.15) is 38.3 Å². The van der Waals surface area contributed by atoms with Gasteiger partial charge in [-0.15, -0.1) is 0 Å². The highest BCUT2D eigenvalue weighted by atomic mass is 14.2. The lowest BCUT2D eigenvalue weighted by Crippen LogP contribution is -2.05. The highest BCUT2D eigenvalue weighted by molar-refractivity contribution is 5.83. The molecule has 1 aliphatic rings. The summed E-state index contributed by atoms with van der Waals surface area (Å²) in [5.41, 5.74) is 7.13. The van der Waals surface area contributed by atoms with Crippen LogP contribution in [0.5, 0.6) is 0 Å². The number of benzene rings is 2. The van der Waals surface area contributed by atoms with E-state index in [-0.39, 0.29) is 0 Å². The first kappa shape index (κ1) is 13.2. The van der Waals surface area contributed by atoms with Crippen LogP contribution in [0.4, 0.5) is 0 Å². The smallest absolute Gasteiger partial charge is 0.0164 e. The van der Waals surface area contributed by atoms with E-state index < -0.39 is 0 Å². The van der Waals surface area contributed by atoms with Crippen molar-refractivity contribution in [3.63, 3.8) is 0 Å². The molecule has 0 fully saturated rings. The van der Waals surface area contributed by atoms with Gasteiger partial charge in [-0.05, 0) is 34.1 Å². The molecule has 2 aromatic carbocycles. The summed E-state index contributed by atoms with van der Waals surface area (Å²) >= 11 is 0. The van der Waals surface area contributed by atoms with Crippen LogP contribution in [0.2, 0.25) is 0 Å². The zero-order valence-electron chi connectivity index (χ0n) is 12.5. The minimum atomic E-state index is 0.331. The molecule has 101 valence electrons. The van der Waals surface area contributed by atoms with Crippen molar-refractivity contribution < 1.29 is 0 Å². The van der Waals surface area contributed by atoms with Gasteiger partial charge in [0.2, 0.25) is 0 Å². The molecule has 0 atom stereocenters. The molecule has 2 aromatic rings. The molecule has 0 aliphatic heterocycles. The van der Waals surface area contributed by atoms with Crippen molar-refractivity contribution in [3.8, 4) is 11.1 Å². The van der Waals surface area contributed by atoms with Crippen LogP contribution in [-0.4, -0.2) is 0 Å². The number of rotatable bonds is 2. The molecule has 0 heterocycles. The predicted octanol–water partition coefficient (Wildman–Crippen LogP) is 5.74. The molecule has 0 nitrogen and oxygen atoms in total.